The lowest BCUT2D eigenvalue weighted by Crippen LogP contribution is -2.05. The average Bonchev–Trinajstić information content (AvgIpc) is 2.16. The molecule has 0 bridgehead atoms. The molecule has 0 saturated carbocycles. The van der Waals surface area contributed by atoms with Gasteiger partial charge in [0.05, 0.1) is 0 Å². The molecule has 0 fully saturated rings. The highest BCUT2D eigenvalue weighted by Crippen LogP contribution is 2.30. The fourth-order valence-electron chi connectivity index (χ4n) is 1.40. The first-order chi connectivity index (χ1) is 6.95. The standard InChI is InChI=1S/C11H11ClF2O/c1-6-8(10(12)7(2)15)4-3-5-9(6)11(13)14/h3-5,10-11H,1-2H3. The van der Waals surface area contributed by atoms with Gasteiger partial charge in [0.15, 0.2) is 5.78 Å². The Morgan fingerprint density at radius 2 is 1.87 bits per heavy atom. The van der Waals surface area contributed by atoms with Crippen molar-refractivity contribution in [3.8, 4) is 0 Å². The first-order valence-corrected chi connectivity index (χ1v) is 4.91. The lowest BCUT2D eigenvalue weighted by atomic mass is 9.98. The Balaban J connectivity index is 3.21. The minimum absolute atomic E-state index is 0.0700. The van der Waals surface area contributed by atoms with E-state index in [1.54, 1.807) is 13.0 Å². The van der Waals surface area contributed by atoms with Gasteiger partial charge in [0, 0.05) is 5.56 Å². The SMILES string of the molecule is CC(=O)C(Cl)c1cccc(C(F)F)c1C. The maximum atomic E-state index is 12.5. The van der Waals surface area contributed by atoms with Crippen LogP contribution in [-0.4, -0.2) is 5.78 Å². The van der Waals surface area contributed by atoms with Gasteiger partial charge in [-0.15, -0.1) is 11.6 Å². The summed E-state index contributed by atoms with van der Waals surface area (Å²) in [6, 6.07) is 4.43. The molecule has 4 heteroatoms. The van der Waals surface area contributed by atoms with Crippen molar-refractivity contribution < 1.29 is 13.6 Å². The topological polar surface area (TPSA) is 17.1 Å². The fourth-order valence-corrected chi connectivity index (χ4v) is 1.64. The van der Waals surface area contributed by atoms with E-state index >= 15 is 0 Å². The number of benzene rings is 1. The van der Waals surface area contributed by atoms with E-state index in [-0.39, 0.29) is 11.3 Å². The summed E-state index contributed by atoms with van der Waals surface area (Å²) in [4.78, 5) is 11.1. The Labute approximate surface area is 92.1 Å². The van der Waals surface area contributed by atoms with Crippen LogP contribution in [0.1, 0.15) is 35.4 Å². The summed E-state index contributed by atoms with van der Waals surface area (Å²) in [6.07, 6.45) is -2.54. The molecule has 0 saturated heterocycles. The maximum absolute atomic E-state index is 12.5. The van der Waals surface area contributed by atoms with E-state index in [0.29, 0.717) is 11.1 Å². The average molecular weight is 233 g/mol. The molecule has 0 aliphatic heterocycles. The van der Waals surface area contributed by atoms with Crippen LogP contribution in [0.25, 0.3) is 0 Å². The summed E-state index contributed by atoms with van der Waals surface area (Å²) in [6.45, 7) is 2.89. The molecule has 1 atom stereocenters. The van der Waals surface area contributed by atoms with Crippen LogP contribution in [0.5, 0.6) is 0 Å². The molecular formula is C11H11ClF2O. The highest BCUT2D eigenvalue weighted by Gasteiger charge is 2.19. The molecule has 1 rings (SSSR count). The Bertz CT molecular complexity index is 377. The van der Waals surface area contributed by atoms with E-state index in [9.17, 15) is 13.6 Å². The number of hydrogen-bond acceptors (Lipinski definition) is 1. The van der Waals surface area contributed by atoms with Crippen LogP contribution in [0.4, 0.5) is 8.78 Å². The van der Waals surface area contributed by atoms with Crippen LogP contribution in [0, 0.1) is 6.92 Å². The van der Waals surface area contributed by atoms with E-state index in [1.807, 2.05) is 0 Å². The minimum Gasteiger partial charge on any atom is -0.298 e. The van der Waals surface area contributed by atoms with Gasteiger partial charge in [-0.1, -0.05) is 18.2 Å². The van der Waals surface area contributed by atoms with Gasteiger partial charge in [-0.25, -0.2) is 8.78 Å². The third-order valence-electron chi connectivity index (χ3n) is 2.28. The van der Waals surface area contributed by atoms with Crippen LogP contribution in [0.2, 0.25) is 0 Å². The van der Waals surface area contributed by atoms with Crippen molar-refractivity contribution in [2.45, 2.75) is 25.7 Å². The zero-order valence-corrected chi connectivity index (χ0v) is 9.18. The second-order valence-electron chi connectivity index (χ2n) is 3.34. The third kappa shape index (κ3) is 2.53. The van der Waals surface area contributed by atoms with E-state index in [2.05, 4.69) is 0 Å². The molecule has 0 radical (unpaired) electrons. The lowest BCUT2D eigenvalue weighted by Gasteiger charge is -2.13. The highest BCUT2D eigenvalue weighted by molar-refractivity contribution is 6.30. The molecule has 1 nitrogen and oxygen atoms in total. The molecule has 0 aromatic heterocycles. The van der Waals surface area contributed by atoms with Gasteiger partial charge in [0.2, 0.25) is 0 Å². The summed E-state index contributed by atoms with van der Waals surface area (Å²) >= 11 is 5.83. The second-order valence-corrected chi connectivity index (χ2v) is 3.77. The molecule has 1 aromatic carbocycles. The predicted octanol–water partition coefficient (Wildman–Crippen LogP) is 3.80. The van der Waals surface area contributed by atoms with Gasteiger partial charge in [-0.3, -0.25) is 4.79 Å². The van der Waals surface area contributed by atoms with Crippen molar-refractivity contribution in [2.75, 3.05) is 0 Å². The van der Waals surface area contributed by atoms with Crippen LogP contribution >= 0.6 is 11.6 Å². The number of hydrogen-bond donors (Lipinski definition) is 0. The summed E-state index contributed by atoms with van der Waals surface area (Å²) in [5.41, 5.74) is 0.782. The molecule has 0 heterocycles. The zero-order chi connectivity index (χ0) is 11.6. The largest absolute Gasteiger partial charge is 0.298 e. The molecule has 1 aromatic rings. The smallest absolute Gasteiger partial charge is 0.264 e. The molecule has 0 N–H and O–H groups in total. The molecule has 0 aliphatic carbocycles. The Morgan fingerprint density at radius 1 is 1.33 bits per heavy atom. The third-order valence-corrected chi connectivity index (χ3v) is 2.83. The summed E-state index contributed by atoms with van der Waals surface area (Å²) < 4.78 is 25.1. The summed E-state index contributed by atoms with van der Waals surface area (Å²) in [7, 11) is 0. The molecular weight excluding hydrogens is 222 g/mol. The number of carbonyl (C=O) groups is 1. The maximum Gasteiger partial charge on any atom is 0.264 e. The first-order valence-electron chi connectivity index (χ1n) is 4.47. The van der Waals surface area contributed by atoms with Crippen LogP contribution in [0.15, 0.2) is 18.2 Å². The minimum atomic E-state index is -2.54. The van der Waals surface area contributed by atoms with E-state index in [4.69, 9.17) is 11.6 Å². The zero-order valence-electron chi connectivity index (χ0n) is 8.43. The van der Waals surface area contributed by atoms with Crippen LogP contribution < -0.4 is 0 Å². The molecule has 0 spiro atoms. The molecule has 82 valence electrons. The lowest BCUT2D eigenvalue weighted by molar-refractivity contribution is -0.116. The number of rotatable bonds is 3. The van der Waals surface area contributed by atoms with E-state index < -0.39 is 11.8 Å². The number of carbonyl (C=O) groups excluding carboxylic acids is 1. The quantitative estimate of drug-likeness (QED) is 0.725. The number of Topliss-reactive ketones (excluding diaryl/α,β-unsaturated/α-hetero) is 1. The molecule has 1 unspecified atom stereocenters. The summed E-state index contributed by atoms with van der Waals surface area (Å²) in [5, 5.41) is -0.844. The van der Waals surface area contributed by atoms with Crippen LogP contribution in [0.3, 0.4) is 0 Å². The summed E-state index contributed by atoms with van der Waals surface area (Å²) in [5.74, 6) is -0.244. The van der Waals surface area contributed by atoms with Crippen molar-refractivity contribution in [1.82, 2.24) is 0 Å². The number of halogens is 3. The van der Waals surface area contributed by atoms with Crippen molar-refractivity contribution in [3.63, 3.8) is 0 Å². The van der Waals surface area contributed by atoms with Gasteiger partial charge < -0.3 is 0 Å². The van der Waals surface area contributed by atoms with Crippen molar-refractivity contribution >= 4 is 17.4 Å². The first kappa shape index (κ1) is 12.1. The monoisotopic (exact) mass is 232 g/mol. The van der Waals surface area contributed by atoms with Crippen molar-refractivity contribution in [3.05, 3.63) is 34.9 Å². The molecule has 0 amide bonds. The number of ketones is 1. The highest BCUT2D eigenvalue weighted by atomic mass is 35.5. The Morgan fingerprint density at radius 3 is 2.33 bits per heavy atom. The van der Waals surface area contributed by atoms with Gasteiger partial charge in [-0.2, -0.15) is 0 Å². The van der Waals surface area contributed by atoms with E-state index in [0.717, 1.165) is 0 Å². The molecule has 15 heavy (non-hydrogen) atoms. The normalized spacial score (nSPS) is 12.9. The molecule has 0 aliphatic rings. The van der Waals surface area contributed by atoms with Crippen molar-refractivity contribution in [1.29, 1.82) is 0 Å². The van der Waals surface area contributed by atoms with Gasteiger partial charge in [0.25, 0.3) is 6.43 Å². The van der Waals surface area contributed by atoms with Gasteiger partial charge >= 0.3 is 0 Å². The second kappa shape index (κ2) is 4.71. The Hall–Kier alpha value is -0.960. The van der Waals surface area contributed by atoms with Crippen LogP contribution in [-0.2, 0) is 4.79 Å². The van der Waals surface area contributed by atoms with E-state index in [1.165, 1.54) is 19.1 Å². The number of alkyl halides is 3. The van der Waals surface area contributed by atoms with Crippen molar-refractivity contribution in [2.24, 2.45) is 0 Å². The van der Waals surface area contributed by atoms with Gasteiger partial charge in [-0.05, 0) is 25.0 Å². The Kier molecular flexibility index (Phi) is 3.80. The predicted molar refractivity (Wildman–Crippen MR) is 55.4 cm³/mol. The fraction of sp³-hybridized carbons (Fsp3) is 0.364. The van der Waals surface area contributed by atoms with Gasteiger partial charge in [0.1, 0.15) is 5.38 Å².